The minimum atomic E-state index is -0.609. The molecule has 4 heteroatoms. The Morgan fingerprint density at radius 1 is 1.33 bits per heavy atom. The van der Waals surface area contributed by atoms with Gasteiger partial charge in [-0.25, -0.2) is 9.18 Å². The Kier molecular flexibility index (Phi) is 3.55. The maximum absolute atomic E-state index is 12.9. The van der Waals surface area contributed by atoms with Crippen LogP contribution in [0, 0.1) is 5.82 Å². The quantitative estimate of drug-likeness (QED) is 0.567. The zero-order valence-corrected chi connectivity index (χ0v) is 8.54. The van der Waals surface area contributed by atoms with Crippen LogP contribution in [0.5, 0.6) is 0 Å². The predicted molar refractivity (Wildman–Crippen MR) is 52.4 cm³/mol. The van der Waals surface area contributed by atoms with Crippen LogP contribution in [-0.2, 0) is 4.74 Å². The van der Waals surface area contributed by atoms with Crippen LogP contribution in [0.15, 0.2) is 18.2 Å². The number of hydrogen-bond acceptors (Lipinski definition) is 3. The first-order chi connectivity index (χ1) is 7.06. The van der Waals surface area contributed by atoms with Crippen molar-refractivity contribution in [2.24, 2.45) is 0 Å². The van der Waals surface area contributed by atoms with Gasteiger partial charge in [0.15, 0.2) is 5.78 Å². The lowest BCUT2D eigenvalue weighted by molar-refractivity contribution is 0.0523. The van der Waals surface area contributed by atoms with E-state index in [1.54, 1.807) is 6.92 Å². The molecule has 0 aromatic heterocycles. The zero-order valence-electron chi connectivity index (χ0n) is 8.54. The number of halogens is 1. The van der Waals surface area contributed by atoms with Crippen LogP contribution in [0.3, 0.4) is 0 Å². The molecule has 1 aromatic rings. The summed E-state index contributed by atoms with van der Waals surface area (Å²) in [7, 11) is 0. The summed E-state index contributed by atoms with van der Waals surface area (Å²) in [4.78, 5) is 22.5. The zero-order chi connectivity index (χ0) is 11.4. The molecule has 0 heterocycles. The molecule has 0 aliphatic heterocycles. The highest BCUT2D eigenvalue weighted by molar-refractivity contribution is 6.05. The van der Waals surface area contributed by atoms with Crippen LogP contribution >= 0.6 is 0 Å². The average Bonchev–Trinajstić information content (AvgIpc) is 2.17. The van der Waals surface area contributed by atoms with Gasteiger partial charge in [-0.2, -0.15) is 0 Å². The van der Waals surface area contributed by atoms with Crippen LogP contribution in [0.4, 0.5) is 4.39 Å². The van der Waals surface area contributed by atoms with E-state index in [0.29, 0.717) is 0 Å². The Morgan fingerprint density at radius 2 is 2.00 bits per heavy atom. The van der Waals surface area contributed by atoms with Gasteiger partial charge in [-0.1, -0.05) is 0 Å². The first kappa shape index (κ1) is 11.4. The van der Waals surface area contributed by atoms with E-state index in [1.807, 2.05) is 0 Å². The lowest BCUT2D eigenvalue weighted by Crippen LogP contribution is -2.10. The second-order valence-corrected chi connectivity index (χ2v) is 2.97. The molecule has 15 heavy (non-hydrogen) atoms. The van der Waals surface area contributed by atoms with Gasteiger partial charge < -0.3 is 4.74 Å². The van der Waals surface area contributed by atoms with Crippen molar-refractivity contribution < 1.29 is 18.7 Å². The topological polar surface area (TPSA) is 43.4 Å². The summed E-state index contributed by atoms with van der Waals surface area (Å²) >= 11 is 0. The summed E-state index contributed by atoms with van der Waals surface area (Å²) < 4.78 is 17.6. The lowest BCUT2D eigenvalue weighted by atomic mass is 10.0. The molecule has 0 unspecified atom stereocenters. The fourth-order valence-corrected chi connectivity index (χ4v) is 1.19. The number of carbonyl (C=O) groups excluding carboxylic acids is 2. The van der Waals surface area contributed by atoms with E-state index in [9.17, 15) is 14.0 Å². The predicted octanol–water partition coefficient (Wildman–Crippen LogP) is 2.21. The first-order valence-electron chi connectivity index (χ1n) is 4.54. The molecule has 80 valence electrons. The second-order valence-electron chi connectivity index (χ2n) is 2.97. The molecule has 0 aliphatic rings. The molecule has 1 rings (SSSR count). The Balaban J connectivity index is 3.17. The van der Waals surface area contributed by atoms with Gasteiger partial charge in [0.25, 0.3) is 0 Å². The molecule has 0 radical (unpaired) electrons. The highest BCUT2D eigenvalue weighted by atomic mass is 19.1. The Bertz CT molecular complexity index is 399. The van der Waals surface area contributed by atoms with Gasteiger partial charge >= 0.3 is 5.97 Å². The summed E-state index contributed by atoms with van der Waals surface area (Å²) in [5.41, 5.74) is 0.152. The van der Waals surface area contributed by atoms with Crippen molar-refractivity contribution in [3.63, 3.8) is 0 Å². The number of Topliss-reactive ketones (excluding diaryl/α,β-unsaturated/α-hetero) is 1. The van der Waals surface area contributed by atoms with Crippen LogP contribution in [0.1, 0.15) is 34.6 Å². The Morgan fingerprint density at radius 3 is 2.53 bits per heavy atom. The standard InChI is InChI=1S/C11H11FO3/c1-3-15-11(14)9-5-4-8(12)6-10(9)7(2)13/h4-6H,3H2,1-2H3. The van der Waals surface area contributed by atoms with Gasteiger partial charge in [-0.05, 0) is 32.0 Å². The smallest absolute Gasteiger partial charge is 0.338 e. The number of hydrogen-bond donors (Lipinski definition) is 0. The van der Waals surface area contributed by atoms with Gasteiger partial charge in [0, 0.05) is 5.56 Å². The van der Waals surface area contributed by atoms with Crippen molar-refractivity contribution >= 4 is 11.8 Å². The maximum Gasteiger partial charge on any atom is 0.338 e. The van der Waals surface area contributed by atoms with Crippen molar-refractivity contribution in [1.29, 1.82) is 0 Å². The van der Waals surface area contributed by atoms with E-state index in [2.05, 4.69) is 0 Å². The van der Waals surface area contributed by atoms with Crippen LogP contribution in [0.2, 0.25) is 0 Å². The van der Waals surface area contributed by atoms with Crippen molar-refractivity contribution in [2.45, 2.75) is 13.8 Å². The summed E-state index contributed by atoms with van der Waals surface area (Å²) in [5.74, 6) is -1.52. The largest absolute Gasteiger partial charge is 0.462 e. The van der Waals surface area contributed by atoms with Gasteiger partial charge in [-0.15, -0.1) is 0 Å². The third-order valence-electron chi connectivity index (χ3n) is 1.86. The number of ether oxygens (including phenoxy) is 1. The molecule has 0 saturated heterocycles. The summed E-state index contributed by atoms with van der Waals surface area (Å²) in [6, 6.07) is 3.41. The molecule has 1 aromatic carbocycles. The molecule has 0 amide bonds. The summed E-state index contributed by atoms with van der Waals surface area (Å²) in [6.45, 7) is 3.15. The van der Waals surface area contributed by atoms with E-state index in [0.717, 1.165) is 12.1 Å². The molecule has 0 atom stereocenters. The van der Waals surface area contributed by atoms with Gasteiger partial charge in [-0.3, -0.25) is 4.79 Å². The summed E-state index contributed by atoms with van der Waals surface area (Å²) in [5, 5.41) is 0. The lowest BCUT2D eigenvalue weighted by Gasteiger charge is -2.05. The number of esters is 1. The summed E-state index contributed by atoms with van der Waals surface area (Å²) in [6.07, 6.45) is 0. The highest BCUT2D eigenvalue weighted by Gasteiger charge is 2.15. The average molecular weight is 210 g/mol. The Labute approximate surface area is 86.9 Å². The molecule has 0 aliphatic carbocycles. The van der Waals surface area contributed by atoms with Crippen molar-refractivity contribution in [3.8, 4) is 0 Å². The molecule has 0 spiro atoms. The maximum atomic E-state index is 12.9. The SMILES string of the molecule is CCOC(=O)c1ccc(F)cc1C(C)=O. The van der Waals surface area contributed by atoms with Gasteiger partial charge in [0.05, 0.1) is 12.2 Å². The van der Waals surface area contributed by atoms with Crippen molar-refractivity contribution in [3.05, 3.63) is 35.1 Å². The molecule has 0 N–H and O–H groups in total. The van der Waals surface area contributed by atoms with Crippen LogP contribution < -0.4 is 0 Å². The molecule has 0 fully saturated rings. The van der Waals surface area contributed by atoms with Crippen molar-refractivity contribution in [1.82, 2.24) is 0 Å². The van der Waals surface area contributed by atoms with E-state index >= 15 is 0 Å². The number of rotatable bonds is 3. The van der Waals surface area contributed by atoms with E-state index in [4.69, 9.17) is 4.74 Å². The van der Waals surface area contributed by atoms with Crippen molar-refractivity contribution in [2.75, 3.05) is 6.61 Å². The monoisotopic (exact) mass is 210 g/mol. The number of ketones is 1. The van der Waals surface area contributed by atoms with E-state index < -0.39 is 11.8 Å². The van der Waals surface area contributed by atoms with Gasteiger partial charge in [0.1, 0.15) is 5.82 Å². The Hall–Kier alpha value is -1.71. The molecular weight excluding hydrogens is 199 g/mol. The third-order valence-corrected chi connectivity index (χ3v) is 1.86. The molecular formula is C11H11FO3. The number of carbonyl (C=O) groups is 2. The molecule has 3 nitrogen and oxygen atoms in total. The normalized spacial score (nSPS) is 9.80. The molecule has 0 saturated carbocycles. The number of benzene rings is 1. The minimum Gasteiger partial charge on any atom is -0.462 e. The fourth-order valence-electron chi connectivity index (χ4n) is 1.19. The second kappa shape index (κ2) is 4.68. The van der Waals surface area contributed by atoms with Gasteiger partial charge in [0.2, 0.25) is 0 Å². The first-order valence-corrected chi connectivity index (χ1v) is 4.54. The molecule has 0 bridgehead atoms. The minimum absolute atomic E-state index is 0.0495. The van der Waals surface area contributed by atoms with E-state index in [1.165, 1.54) is 13.0 Å². The highest BCUT2D eigenvalue weighted by Crippen LogP contribution is 2.13. The van der Waals surface area contributed by atoms with E-state index in [-0.39, 0.29) is 23.5 Å². The van der Waals surface area contributed by atoms with Crippen LogP contribution in [0.25, 0.3) is 0 Å². The fraction of sp³-hybridized carbons (Fsp3) is 0.273. The third kappa shape index (κ3) is 2.62. The van der Waals surface area contributed by atoms with Crippen LogP contribution in [-0.4, -0.2) is 18.4 Å².